The second-order valence-corrected chi connectivity index (χ2v) is 9.35. The minimum absolute atomic E-state index is 0.0715. The number of rotatable bonds is 5. The lowest BCUT2D eigenvalue weighted by atomic mass is 9.85. The summed E-state index contributed by atoms with van der Waals surface area (Å²) in [6, 6.07) is -0.341. The number of amides is 3. The molecule has 7 nitrogen and oxygen atoms in total. The largest absolute Gasteiger partial charge is 0.341 e. The van der Waals surface area contributed by atoms with Crippen LogP contribution < -0.4 is 0 Å². The van der Waals surface area contributed by atoms with Gasteiger partial charge in [-0.3, -0.25) is 19.3 Å². The Morgan fingerprint density at radius 2 is 1.70 bits per heavy atom. The van der Waals surface area contributed by atoms with Crippen molar-refractivity contribution in [2.45, 2.75) is 65.0 Å². The van der Waals surface area contributed by atoms with Gasteiger partial charge in [0, 0.05) is 31.0 Å². The highest BCUT2D eigenvalue weighted by atomic mass is 16.2. The second-order valence-electron chi connectivity index (χ2n) is 9.35. The van der Waals surface area contributed by atoms with Crippen molar-refractivity contribution in [2.75, 3.05) is 13.1 Å². The predicted octanol–water partition coefficient (Wildman–Crippen LogP) is 2.72. The highest BCUT2D eigenvalue weighted by molar-refractivity contribution is 6.08. The molecule has 3 atom stereocenters. The molecule has 1 aromatic heterocycles. The van der Waals surface area contributed by atoms with Gasteiger partial charge in [0.15, 0.2) is 0 Å². The van der Waals surface area contributed by atoms with Gasteiger partial charge in [0.2, 0.25) is 17.7 Å². The molecule has 1 aromatic rings. The van der Waals surface area contributed by atoms with Crippen LogP contribution >= 0.6 is 0 Å². The molecule has 2 fully saturated rings. The maximum absolute atomic E-state index is 13.5. The van der Waals surface area contributed by atoms with Crippen molar-refractivity contribution in [1.82, 2.24) is 19.4 Å². The van der Waals surface area contributed by atoms with Crippen molar-refractivity contribution in [3.8, 4) is 0 Å². The van der Waals surface area contributed by atoms with Crippen LogP contribution in [-0.4, -0.2) is 56.2 Å². The number of allylic oxidation sites excluding steroid dienone is 2. The Kier molecular flexibility index (Phi) is 5.80. The maximum Gasteiger partial charge on any atom is 0.245 e. The summed E-state index contributed by atoms with van der Waals surface area (Å²) in [6.07, 6.45) is 11.1. The van der Waals surface area contributed by atoms with Crippen molar-refractivity contribution in [1.29, 1.82) is 0 Å². The Morgan fingerprint density at radius 3 is 2.20 bits per heavy atom. The number of imide groups is 1. The lowest BCUT2D eigenvalue weighted by Gasteiger charge is -2.37. The molecule has 7 heteroatoms. The first-order chi connectivity index (χ1) is 14.4. The number of imidazole rings is 1. The summed E-state index contributed by atoms with van der Waals surface area (Å²) in [6.45, 7) is 7.39. The number of likely N-dealkylation sites (tertiary alicyclic amines) is 2. The van der Waals surface area contributed by atoms with E-state index in [1.165, 1.54) is 4.90 Å². The summed E-state index contributed by atoms with van der Waals surface area (Å²) in [5, 5.41) is 0. The maximum atomic E-state index is 13.5. The second kappa shape index (κ2) is 8.36. The molecule has 4 rings (SSSR count). The number of aromatic nitrogens is 2. The minimum Gasteiger partial charge on any atom is -0.341 e. The Morgan fingerprint density at radius 1 is 1.10 bits per heavy atom. The monoisotopic (exact) mass is 412 g/mol. The van der Waals surface area contributed by atoms with Gasteiger partial charge in [-0.2, -0.15) is 0 Å². The molecule has 2 saturated heterocycles. The molecule has 2 aliphatic heterocycles. The number of fused-ring (bicyclic) bond motifs is 1. The van der Waals surface area contributed by atoms with Gasteiger partial charge in [-0.25, -0.2) is 4.98 Å². The molecular weight excluding hydrogens is 380 g/mol. The van der Waals surface area contributed by atoms with E-state index in [0.717, 1.165) is 18.5 Å². The molecule has 0 bridgehead atoms. The van der Waals surface area contributed by atoms with Crippen molar-refractivity contribution < 1.29 is 14.4 Å². The number of hydrogen-bond acceptors (Lipinski definition) is 4. The Bertz CT molecular complexity index is 824. The number of carbonyl (C=O) groups is 3. The van der Waals surface area contributed by atoms with Crippen LogP contribution in [0.1, 0.15) is 57.7 Å². The third-order valence-electron chi connectivity index (χ3n) is 6.86. The molecule has 0 radical (unpaired) electrons. The molecule has 1 aliphatic carbocycles. The van der Waals surface area contributed by atoms with Gasteiger partial charge >= 0.3 is 0 Å². The molecule has 0 N–H and O–H groups in total. The molecule has 3 amide bonds. The molecule has 0 aromatic carbocycles. The summed E-state index contributed by atoms with van der Waals surface area (Å²) in [7, 11) is 0. The van der Waals surface area contributed by atoms with Crippen molar-refractivity contribution in [3.05, 3.63) is 30.4 Å². The van der Waals surface area contributed by atoms with E-state index in [-0.39, 0.29) is 35.5 Å². The van der Waals surface area contributed by atoms with E-state index < -0.39 is 6.04 Å². The summed E-state index contributed by atoms with van der Waals surface area (Å²) < 4.78 is 2.18. The van der Waals surface area contributed by atoms with E-state index in [1.54, 1.807) is 0 Å². The molecule has 3 heterocycles. The van der Waals surface area contributed by atoms with Gasteiger partial charge in [-0.15, -0.1) is 0 Å². The van der Waals surface area contributed by atoms with Crippen molar-refractivity contribution in [3.63, 3.8) is 0 Å². The van der Waals surface area contributed by atoms with Crippen LogP contribution in [0.4, 0.5) is 0 Å². The highest BCUT2D eigenvalue weighted by Gasteiger charge is 2.51. The molecule has 0 unspecified atom stereocenters. The van der Waals surface area contributed by atoms with Crippen LogP contribution in [-0.2, 0) is 14.4 Å². The number of nitrogens with zero attached hydrogens (tertiary/aromatic N) is 4. The Hall–Kier alpha value is -2.44. The first-order valence-electron chi connectivity index (χ1n) is 11.2. The van der Waals surface area contributed by atoms with Crippen LogP contribution in [0.2, 0.25) is 0 Å². The lowest BCUT2D eigenvalue weighted by Crippen LogP contribution is -2.53. The van der Waals surface area contributed by atoms with Crippen LogP contribution in [0.25, 0.3) is 0 Å². The van der Waals surface area contributed by atoms with E-state index in [4.69, 9.17) is 0 Å². The van der Waals surface area contributed by atoms with E-state index >= 15 is 0 Å². The summed E-state index contributed by atoms with van der Waals surface area (Å²) in [5.74, 6) is -0.751. The van der Waals surface area contributed by atoms with Crippen LogP contribution in [0.15, 0.2) is 24.7 Å². The average molecular weight is 413 g/mol. The van der Waals surface area contributed by atoms with Gasteiger partial charge in [0.1, 0.15) is 6.04 Å². The molecule has 0 spiro atoms. The quantitative estimate of drug-likeness (QED) is 0.550. The zero-order valence-corrected chi connectivity index (χ0v) is 18.2. The normalized spacial score (nSPS) is 25.9. The molecule has 0 saturated carbocycles. The zero-order chi connectivity index (χ0) is 21.4. The van der Waals surface area contributed by atoms with Crippen LogP contribution in [0, 0.1) is 24.7 Å². The number of aryl methyl sites for hydroxylation is 1. The molecular formula is C23H32N4O3. The third kappa shape index (κ3) is 3.70. The lowest BCUT2D eigenvalue weighted by molar-refractivity contribution is -0.153. The fourth-order valence-electron chi connectivity index (χ4n) is 5.22. The fraction of sp³-hybridized carbons (Fsp3) is 0.652. The first-order valence-corrected chi connectivity index (χ1v) is 11.2. The van der Waals surface area contributed by atoms with E-state index in [1.807, 2.05) is 50.3 Å². The predicted molar refractivity (Wildman–Crippen MR) is 112 cm³/mol. The Balaban J connectivity index is 1.49. The van der Waals surface area contributed by atoms with Crippen molar-refractivity contribution >= 4 is 17.7 Å². The van der Waals surface area contributed by atoms with Crippen LogP contribution in [0.3, 0.4) is 0 Å². The molecule has 3 aliphatic rings. The van der Waals surface area contributed by atoms with Gasteiger partial charge in [0.05, 0.1) is 18.2 Å². The topological polar surface area (TPSA) is 75.5 Å². The number of piperidine rings is 1. The highest BCUT2D eigenvalue weighted by Crippen LogP contribution is 2.37. The zero-order valence-electron chi connectivity index (χ0n) is 18.2. The fourth-order valence-corrected chi connectivity index (χ4v) is 5.22. The summed E-state index contributed by atoms with van der Waals surface area (Å²) >= 11 is 0. The standard InChI is InChI=1S/C23H32N4O3/c1-15(2)12-20(27-21(28)18-6-4-5-7-19(18)22(27)29)23(30)25-10-8-17(9-11-25)26-14-24-13-16(26)3/h4-5,13-15,17-20H,6-12H2,1-3H3/t18-,19-,20-/m0/s1. The van der Waals surface area contributed by atoms with Gasteiger partial charge in [-0.05, 0) is 44.9 Å². The van der Waals surface area contributed by atoms with E-state index in [9.17, 15) is 14.4 Å². The average Bonchev–Trinajstić information content (AvgIpc) is 3.27. The van der Waals surface area contributed by atoms with Crippen LogP contribution in [0.5, 0.6) is 0 Å². The smallest absolute Gasteiger partial charge is 0.245 e. The summed E-state index contributed by atoms with van der Waals surface area (Å²) in [4.78, 5) is 47.1. The van der Waals surface area contributed by atoms with E-state index in [2.05, 4.69) is 9.55 Å². The number of carbonyl (C=O) groups excluding carboxylic acids is 3. The third-order valence-corrected chi connectivity index (χ3v) is 6.86. The number of hydrogen-bond donors (Lipinski definition) is 0. The summed E-state index contributed by atoms with van der Waals surface area (Å²) in [5.41, 5.74) is 1.13. The van der Waals surface area contributed by atoms with E-state index in [0.29, 0.717) is 38.4 Å². The minimum atomic E-state index is -0.679. The molecule has 30 heavy (non-hydrogen) atoms. The van der Waals surface area contributed by atoms with Gasteiger partial charge in [0.25, 0.3) is 0 Å². The Labute approximate surface area is 178 Å². The van der Waals surface area contributed by atoms with Gasteiger partial charge < -0.3 is 9.47 Å². The van der Waals surface area contributed by atoms with Crippen molar-refractivity contribution in [2.24, 2.45) is 17.8 Å². The van der Waals surface area contributed by atoms with Gasteiger partial charge in [-0.1, -0.05) is 26.0 Å². The SMILES string of the molecule is Cc1cncn1C1CCN(C(=O)[C@H](CC(C)C)N2C(=O)[C@H]3CC=CC[C@@H]3C2=O)CC1. The first kappa shape index (κ1) is 20.8. The molecule has 162 valence electrons.